The second-order valence-electron chi connectivity index (χ2n) is 4.61. The second-order valence-corrected chi connectivity index (χ2v) is 6.66. The Kier molecular flexibility index (Phi) is 5.04. The van der Waals surface area contributed by atoms with E-state index >= 15 is 0 Å². The van der Waals surface area contributed by atoms with Gasteiger partial charge in [-0.1, -0.05) is 48.9 Å². The van der Waals surface area contributed by atoms with Crippen LogP contribution in [0.4, 0.5) is 0 Å². The predicted molar refractivity (Wildman–Crippen MR) is 74.1 cm³/mol. The van der Waals surface area contributed by atoms with Crippen LogP contribution in [0.5, 0.6) is 0 Å². The van der Waals surface area contributed by atoms with Crippen LogP contribution in [0.25, 0.3) is 0 Å². The van der Waals surface area contributed by atoms with E-state index in [0.717, 1.165) is 6.04 Å². The van der Waals surface area contributed by atoms with Gasteiger partial charge in [0.25, 0.3) is 0 Å². The maximum Gasteiger partial charge on any atom is 0.314 e. The lowest BCUT2D eigenvalue weighted by atomic mass is 10.1. The van der Waals surface area contributed by atoms with Crippen molar-refractivity contribution in [2.24, 2.45) is 0 Å². The fourth-order valence-corrected chi connectivity index (χ4v) is 4.50. The monoisotopic (exact) mass is 256 g/mol. The van der Waals surface area contributed by atoms with Crippen LogP contribution in [0.3, 0.4) is 0 Å². The topological polar surface area (TPSA) is 3.01 Å². The fourth-order valence-electron chi connectivity index (χ4n) is 2.52. The third kappa shape index (κ3) is 3.17. The van der Waals surface area contributed by atoms with E-state index in [1.54, 1.807) is 0 Å². The minimum atomic E-state index is 0.840. The zero-order valence-electron chi connectivity index (χ0n) is 10.2. The van der Waals surface area contributed by atoms with E-state index in [4.69, 9.17) is 0 Å². The van der Waals surface area contributed by atoms with Crippen LogP contribution in [-0.2, 0) is 0 Å². The summed E-state index contributed by atoms with van der Waals surface area (Å²) in [5, 5.41) is 4.43. The first-order valence-corrected chi connectivity index (χ1v) is 8.29. The Hall–Kier alpha value is -0.150. The van der Waals surface area contributed by atoms with Gasteiger partial charge < -0.3 is 0 Å². The highest BCUT2D eigenvalue weighted by Crippen LogP contribution is 2.17. The summed E-state index contributed by atoms with van der Waals surface area (Å²) >= 11 is 3.82. The molecule has 1 atom stereocenters. The lowest BCUT2D eigenvalue weighted by Gasteiger charge is -2.06. The normalized spacial score (nSPS) is 20.6. The Morgan fingerprint density at radius 2 is 2.06 bits per heavy atom. The average molecular weight is 256 g/mol. The van der Waals surface area contributed by atoms with Gasteiger partial charge in [0, 0.05) is 30.0 Å². The fraction of sp³-hybridized carbons (Fsp3) is 0.769. The van der Waals surface area contributed by atoms with Crippen molar-refractivity contribution in [3.8, 4) is 0 Å². The van der Waals surface area contributed by atoms with Gasteiger partial charge in [0.2, 0.25) is 0 Å². The summed E-state index contributed by atoms with van der Waals surface area (Å²) in [5.74, 6) is 0. The summed E-state index contributed by atoms with van der Waals surface area (Å²) in [5.41, 5.74) is 0. The number of rotatable bonds is 5. The SMILES string of the molecule is CCCCCCC1CCC[N+]1=c1sccs1. The van der Waals surface area contributed by atoms with Crippen LogP contribution < -0.4 is 8.56 Å². The molecule has 16 heavy (non-hydrogen) atoms. The Labute approximate surface area is 106 Å². The van der Waals surface area contributed by atoms with Crippen LogP contribution in [0.15, 0.2) is 10.8 Å². The number of hydrogen-bond acceptors (Lipinski definition) is 2. The lowest BCUT2D eigenvalue weighted by molar-refractivity contribution is 0.467. The summed E-state index contributed by atoms with van der Waals surface area (Å²) in [6.07, 6.45) is 9.82. The number of nitrogens with zero attached hydrogens (tertiary/aromatic N) is 1. The Morgan fingerprint density at radius 1 is 1.25 bits per heavy atom. The smallest absolute Gasteiger partial charge is 0.209 e. The quantitative estimate of drug-likeness (QED) is 0.558. The van der Waals surface area contributed by atoms with Gasteiger partial charge in [-0.25, -0.2) is 4.58 Å². The van der Waals surface area contributed by atoms with Gasteiger partial charge in [-0.3, -0.25) is 0 Å². The molecule has 0 aromatic carbocycles. The minimum Gasteiger partial charge on any atom is -0.209 e. The van der Waals surface area contributed by atoms with Crippen molar-refractivity contribution in [1.82, 2.24) is 4.58 Å². The van der Waals surface area contributed by atoms with Gasteiger partial charge in [0.15, 0.2) is 6.04 Å². The van der Waals surface area contributed by atoms with Gasteiger partial charge in [0.1, 0.15) is 6.54 Å². The Balaban J connectivity index is 1.92. The minimum absolute atomic E-state index is 0.840. The summed E-state index contributed by atoms with van der Waals surface area (Å²) < 4.78 is 4.18. The zero-order valence-corrected chi connectivity index (χ0v) is 11.8. The van der Waals surface area contributed by atoms with Crippen LogP contribution >= 0.6 is 22.7 Å². The lowest BCUT2D eigenvalue weighted by Crippen LogP contribution is -2.31. The van der Waals surface area contributed by atoms with Crippen LogP contribution in [0, 0.1) is 0 Å². The predicted octanol–water partition coefficient (Wildman–Crippen LogP) is 3.71. The second kappa shape index (κ2) is 6.55. The molecular weight excluding hydrogens is 234 g/mol. The Morgan fingerprint density at radius 3 is 2.81 bits per heavy atom. The molecule has 1 aromatic rings. The zero-order chi connectivity index (χ0) is 11.2. The Bertz CT molecular complexity index is 347. The molecule has 0 radical (unpaired) electrons. The number of hydrogen-bond donors (Lipinski definition) is 0. The van der Waals surface area contributed by atoms with E-state index in [9.17, 15) is 0 Å². The number of unbranched alkanes of at least 4 members (excludes halogenated alkanes) is 3. The summed E-state index contributed by atoms with van der Waals surface area (Å²) in [6, 6.07) is 0.840. The standard InChI is InChI=1S/C13H22NS2/c1-2-3-4-5-7-12-8-6-9-14(12)13-15-10-11-16-13/h10-12H,2-9H2,1H3/q+1. The molecule has 1 saturated heterocycles. The van der Waals surface area contributed by atoms with Crippen molar-refractivity contribution < 1.29 is 0 Å². The first-order valence-electron chi connectivity index (χ1n) is 6.53. The molecule has 2 rings (SSSR count). The molecule has 1 nitrogen and oxygen atoms in total. The first-order chi connectivity index (χ1) is 7.92. The molecule has 1 aromatic heterocycles. The first kappa shape index (κ1) is 12.3. The maximum atomic E-state index is 2.65. The largest absolute Gasteiger partial charge is 0.314 e. The van der Waals surface area contributed by atoms with Crippen molar-refractivity contribution in [2.75, 3.05) is 6.54 Å². The van der Waals surface area contributed by atoms with E-state index in [2.05, 4.69) is 22.3 Å². The van der Waals surface area contributed by atoms with E-state index in [-0.39, 0.29) is 0 Å². The summed E-state index contributed by atoms with van der Waals surface area (Å²) in [4.78, 5) is 0. The molecule has 0 spiro atoms. The van der Waals surface area contributed by atoms with Crippen LogP contribution in [-0.4, -0.2) is 12.6 Å². The van der Waals surface area contributed by atoms with E-state index < -0.39 is 0 Å². The molecule has 0 bridgehead atoms. The van der Waals surface area contributed by atoms with Gasteiger partial charge in [-0.15, -0.1) is 0 Å². The molecule has 1 unspecified atom stereocenters. The molecule has 2 heterocycles. The van der Waals surface area contributed by atoms with Crippen molar-refractivity contribution in [3.63, 3.8) is 0 Å². The molecule has 90 valence electrons. The average Bonchev–Trinajstić information content (AvgIpc) is 2.94. The van der Waals surface area contributed by atoms with Crippen molar-refractivity contribution in [3.05, 3.63) is 14.7 Å². The van der Waals surface area contributed by atoms with Gasteiger partial charge in [0.05, 0.1) is 0 Å². The highest BCUT2D eigenvalue weighted by molar-refractivity contribution is 7.24. The summed E-state index contributed by atoms with van der Waals surface area (Å²) in [6.45, 7) is 3.57. The molecule has 1 aliphatic rings. The molecule has 3 heteroatoms. The molecule has 1 aliphatic heterocycles. The third-order valence-electron chi connectivity index (χ3n) is 3.40. The van der Waals surface area contributed by atoms with Crippen molar-refractivity contribution >= 4 is 22.7 Å². The van der Waals surface area contributed by atoms with Crippen LogP contribution in [0.2, 0.25) is 0 Å². The van der Waals surface area contributed by atoms with Gasteiger partial charge in [-0.2, -0.15) is 0 Å². The molecule has 1 fully saturated rings. The van der Waals surface area contributed by atoms with E-state index in [1.165, 1.54) is 55.5 Å². The summed E-state index contributed by atoms with van der Waals surface area (Å²) in [7, 11) is 0. The van der Waals surface area contributed by atoms with E-state index in [1.807, 2.05) is 22.7 Å². The molecule has 0 saturated carbocycles. The van der Waals surface area contributed by atoms with Gasteiger partial charge in [-0.05, 0) is 6.42 Å². The maximum absolute atomic E-state index is 2.65. The van der Waals surface area contributed by atoms with Gasteiger partial charge >= 0.3 is 3.98 Å². The molecular formula is C13H22NS2+. The molecule has 0 N–H and O–H groups in total. The third-order valence-corrected chi connectivity index (χ3v) is 5.56. The van der Waals surface area contributed by atoms with Crippen molar-refractivity contribution in [2.45, 2.75) is 57.9 Å². The van der Waals surface area contributed by atoms with Crippen molar-refractivity contribution in [1.29, 1.82) is 0 Å². The molecule has 0 aliphatic carbocycles. The highest BCUT2D eigenvalue weighted by Gasteiger charge is 2.27. The van der Waals surface area contributed by atoms with E-state index in [0.29, 0.717) is 0 Å². The highest BCUT2D eigenvalue weighted by atomic mass is 32.2. The van der Waals surface area contributed by atoms with Crippen LogP contribution in [0.1, 0.15) is 51.9 Å². The molecule has 0 amide bonds.